The lowest BCUT2D eigenvalue weighted by atomic mass is 10.3. The van der Waals surface area contributed by atoms with Crippen molar-refractivity contribution in [3.8, 4) is 0 Å². The van der Waals surface area contributed by atoms with Gasteiger partial charge in [0.1, 0.15) is 6.26 Å². The molecule has 0 atom stereocenters. The van der Waals surface area contributed by atoms with Crippen molar-refractivity contribution in [3.05, 3.63) is 18.6 Å². The normalized spacial score (nSPS) is 10.4. The first kappa shape index (κ1) is 7.19. The standard InChI is InChI=1S/C8H13NO/c1-7(2)9(3)8-4-5-10-6-8/h4-7H,1-3H3. The van der Waals surface area contributed by atoms with Crippen LogP contribution in [0, 0.1) is 0 Å². The predicted molar refractivity (Wildman–Crippen MR) is 42.2 cm³/mol. The minimum absolute atomic E-state index is 0.526. The summed E-state index contributed by atoms with van der Waals surface area (Å²) in [4.78, 5) is 2.16. The number of rotatable bonds is 2. The van der Waals surface area contributed by atoms with Crippen molar-refractivity contribution in [1.29, 1.82) is 0 Å². The third-order valence-electron chi connectivity index (χ3n) is 1.69. The Morgan fingerprint density at radius 2 is 2.20 bits per heavy atom. The molecule has 0 aliphatic heterocycles. The summed E-state index contributed by atoms with van der Waals surface area (Å²) in [5, 5.41) is 0. The Morgan fingerprint density at radius 3 is 2.60 bits per heavy atom. The van der Waals surface area contributed by atoms with Crippen molar-refractivity contribution in [2.75, 3.05) is 11.9 Å². The van der Waals surface area contributed by atoms with Crippen LogP contribution in [-0.2, 0) is 0 Å². The van der Waals surface area contributed by atoms with E-state index in [2.05, 4.69) is 25.8 Å². The van der Waals surface area contributed by atoms with Crippen molar-refractivity contribution in [1.82, 2.24) is 0 Å². The lowest BCUT2D eigenvalue weighted by Crippen LogP contribution is -2.24. The van der Waals surface area contributed by atoms with E-state index in [0.29, 0.717) is 6.04 Å². The summed E-state index contributed by atoms with van der Waals surface area (Å²) >= 11 is 0. The number of anilines is 1. The van der Waals surface area contributed by atoms with E-state index >= 15 is 0 Å². The molecule has 2 nitrogen and oxygen atoms in total. The number of furan rings is 1. The monoisotopic (exact) mass is 139 g/mol. The van der Waals surface area contributed by atoms with Gasteiger partial charge in [-0.05, 0) is 19.9 Å². The van der Waals surface area contributed by atoms with Gasteiger partial charge in [0.25, 0.3) is 0 Å². The second-order valence-electron chi connectivity index (χ2n) is 2.69. The Balaban J connectivity index is 2.68. The second-order valence-corrected chi connectivity index (χ2v) is 2.69. The third kappa shape index (κ3) is 1.32. The maximum Gasteiger partial charge on any atom is 0.114 e. The number of hydrogen-bond acceptors (Lipinski definition) is 2. The fourth-order valence-electron chi connectivity index (χ4n) is 0.756. The zero-order valence-electron chi connectivity index (χ0n) is 6.66. The van der Waals surface area contributed by atoms with Crippen LogP contribution in [0.3, 0.4) is 0 Å². The lowest BCUT2D eigenvalue weighted by molar-refractivity contribution is 0.565. The van der Waals surface area contributed by atoms with Crippen LogP contribution in [0.25, 0.3) is 0 Å². The Hall–Kier alpha value is -0.920. The van der Waals surface area contributed by atoms with Gasteiger partial charge in [0.15, 0.2) is 0 Å². The fourth-order valence-corrected chi connectivity index (χ4v) is 0.756. The van der Waals surface area contributed by atoms with Crippen molar-refractivity contribution < 1.29 is 4.42 Å². The van der Waals surface area contributed by atoms with E-state index in [1.807, 2.05) is 6.07 Å². The molecule has 0 amide bonds. The van der Waals surface area contributed by atoms with Crippen LogP contribution in [-0.4, -0.2) is 13.1 Å². The Labute approximate surface area is 61.4 Å². The Kier molecular flexibility index (Phi) is 2.00. The topological polar surface area (TPSA) is 16.4 Å². The maximum absolute atomic E-state index is 4.94. The van der Waals surface area contributed by atoms with Crippen LogP contribution in [0.1, 0.15) is 13.8 Å². The average Bonchev–Trinajstić information content (AvgIpc) is 2.36. The van der Waals surface area contributed by atoms with Crippen molar-refractivity contribution in [2.24, 2.45) is 0 Å². The van der Waals surface area contributed by atoms with Gasteiger partial charge in [-0.1, -0.05) is 0 Å². The van der Waals surface area contributed by atoms with Gasteiger partial charge < -0.3 is 9.32 Å². The molecule has 1 aromatic heterocycles. The molecule has 1 heterocycles. The van der Waals surface area contributed by atoms with Crippen LogP contribution >= 0.6 is 0 Å². The highest BCUT2D eigenvalue weighted by Crippen LogP contribution is 2.14. The molecule has 0 aromatic carbocycles. The van der Waals surface area contributed by atoms with Crippen LogP contribution in [0.5, 0.6) is 0 Å². The quantitative estimate of drug-likeness (QED) is 0.624. The van der Waals surface area contributed by atoms with Gasteiger partial charge in [-0.15, -0.1) is 0 Å². The van der Waals surface area contributed by atoms with Gasteiger partial charge in [0, 0.05) is 13.1 Å². The molecule has 2 heteroatoms. The molecular weight excluding hydrogens is 126 g/mol. The number of hydrogen-bond donors (Lipinski definition) is 0. The van der Waals surface area contributed by atoms with Gasteiger partial charge in [0.05, 0.1) is 12.0 Å². The van der Waals surface area contributed by atoms with Crippen molar-refractivity contribution >= 4 is 5.69 Å². The maximum atomic E-state index is 4.94. The highest BCUT2D eigenvalue weighted by atomic mass is 16.3. The SMILES string of the molecule is CC(C)N(C)c1ccoc1. The van der Waals surface area contributed by atoms with Gasteiger partial charge in [-0.3, -0.25) is 0 Å². The number of nitrogens with zero attached hydrogens (tertiary/aromatic N) is 1. The van der Waals surface area contributed by atoms with Crippen molar-refractivity contribution in [2.45, 2.75) is 19.9 Å². The predicted octanol–water partition coefficient (Wildman–Crippen LogP) is 2.12. The van der Waals surface area contributed by atoms with Crippen molar-refractivity contribution in [3.63, 3.8) is 0 Å². The van der Waals surface area contributed by atoms with E-state index in [9.17, 15) is 0 Å². The summed E-state index contributed by atoms with van der Waals surface area (Å²) < 4.78 is 4.94. The summed E-state index contributed by atoms with van der Waals surface area (Å²) in [7, 11) is 2.05. The Bertz CT molecular complexity index is 179. The summed E-state index contributed by atoms with van der Waals surface area (Å²) in [6.07, 6.45) is 3.44. The van der Waals surface area contributed by atoms with E-state index in [1.54, 1.807) is 12.5 Å². The van der Waals surface area contributed by atoms with Crippen LogP contribution in [0.2, 0.25) is 0 Å². The first-order chi connectivity index (χ1) is 4.72. The van der Waals surface area contributed by atoms with E-state index in [-0.39, 0.29) is 0 Å². The summed E-state index contributed by atoms with van der Waals surface area (Å²) in [6, 6.07) is 2.48. The first-order valence-corrected chi connectivity index (χ1v) is 3.47. The van der Waals surface area contributed by atoms with Crippen LogP contribution < -0.4 is 4.90 Å². The van der Waals surface area contributed by atoms with Gasteiger partial charge in [0.2, 0.25) is 0 Å². The minimum Gasteiger partial charge on any atom is -0.470 e. The molecule has 0 aliphatic carbocycles. The molecule has 0 saturated heterocycles. The highest BCUT2D eigenvalue weighted by Gasteiger charge is 2.03. The Morgan fingerprint density at radius 1 is 1.50 bits per heavy atom. The van der Waals surface area contributed by atoms with Crippen LogP contribution in [0.4, 0.5) is 5.69 Å². The zero-order chi connectivity index (χ0) is 7.56. The largest absolute Gasteiger partial charge is 0.470 e. The molecule has 1 rings (SSSR count). The second kappa shape index (κ2) is 2.78. The fraction of sp³-hybridized carbons (Fsp3) is 0.500. The molecule has 0 saturated carbocycles. The zero-order valence-corrected chi connectivity index (χ0v) is 6.66. The van der Waals surface area contributed by atoms with Gasteiger partial charge in [-0.25, -0.2) is 0 Å². The summed E-state index contributed by atoms with van der Waals surface area (Å²) in [5.74, 6) is 0. The van der Waals surface area contributed by atoms with Crippen LogP contribution in [0.15, 0.2) is 23.0 Å². The van der Waals surface area contributed by atoms with E-state index in [0.717, 1.165) is 5.69 Å². The van der Waals surface area contributed by atoms with E-state index < -0.39 is 0 Å². The summed E-state index contributed by atoms with van der Waals surface area (Å²) in [5.41, 5.74) is 1.13. The molecular formula is C8H13NO. The molecule has 0 unspecified atom stereocenters. The third-order valence-corrected chi connectivity index (χ3v) is 1.69. The van der Waals surface area contributed by atoms with Gasteiger partial charge in [-0.2, -0.15) is 0 Å². The highest BCUT2D eigenvalue weighted by molar-refractivity contribution is 5.42. The molecule has 0 bridgehead atoms. The molecule has 0 fully saturated rings. The minimum atomic E-state index is 0.526. The molecule has 0 aliphatic rings. The lowest BCUT2D eigenvalue weighted by Gasteiger charge is -2.20. The van der Waals surface area contributed by atoms with Gasteiger partial charge >= 0.3 is 0 Å². The molecule has 10 heavy (non-hydrogen) atoms. The molecule has 1 aromatic rings. The molecule has 0 N–H and O–H groups in total. The summed E-state index contributed by atoms with van der Waals surface area (Å²) in [6.45, 7) is 4.29. The first-order valence-electron chi connectivity index (χ1n) is 3.47. The van der Waals surface area contributed by atoms with E-state index in [1.165, 1.54) is 0 Å². The molecule has 56 valence electrons. The van der Waals surface area contributed by atoms with E-state index in [4.69, 9.17) is 4.42 Å². The molecule has 0 spiro atoms. The average molecular weight is 139 g/mol. The molecule has 0 radical (unpaired) electrons. The smallest absolute Gasteiger partial charge is 0.114 e.